The van der Waals surface area contributed by atoms with E-state index in [1.807, 2.05) is 10.9 Å². The zero-order valence-corrected chi connectivity index (χ0v) is 6.40. The van der Waals surface area contributed by atoms with E-state index < -0.39 is 0 Å². The molecule has 0 aromatic carbocycles. The van der Waals surface area contributed by atoms with Crippen molar-refractivity contribution in [1.82, 2.24) is 15.0 Å². The fourth-order valence-corrected chi connectivity index (χ4v) is 1.53. The van der Waals surface area contributed by atoms with Crippen LogP contribution in [-0.4, -0.2) is 21.5 Å². The molecule has 0 bridgehead atoms. The van der Waals surface area contributed by atoms with Gasteiger partial charge in [-0.05, 0) is 25.3 Å². The van der Waals surface area contributed by atoms with Gasteiger partial charge in [0.2, 0.25) is 0 Å². The van der Waals surface area contributed by atoms with E-state index in [1.54, 1.807) is 0 Å². The Morgan fingerprint density at radius 3 is 3.45 bits per heavy atom. The van der Waals surface area contributed by atoms with Crippen molar-refractivity contribution in [3.63, 3.8) is 0 Å². The second-order valence-corrected chi connectivity index (χ2v) is 3.04. The van der Waals surface area contributed by atoms with Gasteiger partial charge in [0.25, 0.3) is 0 Å². The van der Waals surface area contributed by atoms with Crippen LogP contribution in [0, 0.1) is 5.92 Å². The molecular formula is C7H12N4. The highest BCUT2D eigenvalue weighted by Crippen LogP contribution is 2.16. The van der Waals surface area contributed by atoms with Crippen molar-refractivity contribution in [2.24, 2.45) is 11.7 Å². The predicted octanol–water partition coefficient (Wildman–Crippen LogP) is -0.201. The molecule has 0 radical (unpaired) electrons. The number of fused-ring (bicyclic) bond motifs is 1. The Morgan fingerprint density at radius 1 is 1.73 bits per heavy atom. The van der Waals surface area contributed by atoms with E-state index in [0.717, 1.165) is 25.9 Å². The summed E-state index contributed by atoms with van der Waals surface area (Å²) < 4.78 is 1.96. The summed E-state index contributed by atoms with van der Waals surface area (Å²) in [6, 6.07) is 0. The molecule has 1 aliphatic rings. The Hall–Kier alpha value is -0.900. The second-order valence-electron chi connectivity index (χ2n) is 3.04. The molecule has 4 heteroatoms. The number of aryl methyl sites for hydroxylation is 1. The molecule has 1 aliphatic heterocycles. The lowest BCUT2D eigenvalue weighted by Crippen LogP contribution is -2.25. The molecule has 1 unspecified atom stereocenters. The minimum atomic E-state index is 0.640. The first kappa shape index (κ1) is 6.79. The summed E-state index contributed by atoms with van der Waals surface area (Å²) in [4.78, 5) is 0. The highest BCUT2D eigenvalue weighted by atomic mass is 15.4. The molecule has 1 atom stereocenters. The second kappa shape index (κ2) is 2.62. The van der Waals surface area contributed by atoms with Crippen LogP contribution >= 0.6 is 0 Å². The van der Waals surface area contributed by atoms with E-state index >= 15 is 0 Å². The smallest absolute Gasteiger partial charge is 0.0725 e. The first-order valence-electron chi connectivity index (χ1n) is 3.97. The molecule has 4 nitrogen and oxygen atoms in total. The maximum atomic E-state index is 5.58. The quantitative estimate of drug-likeness (QED) is 0.606. The molecular weight excluding hydrogens is 140 g/mol. The van der Waals surface area contributed by atoms with Gasteiger partial charge < -0.3 is 5.73 Å². The van der Waals surface area contributed by atoms with Gasteiger partial charge >= 0.3 is 0 Å². The average Bonchev–Trinajstić information content (AvgIpc) is 2.50. The van der Waals surface area contributed by atoms with E-state index in [0.29, 0.717) is 5.92 Å². The molecule has 2 N–H and O–H groups in total. The van der Waals surface area contributed by atoms with Gasteiger partial charge in [0, 0.05) is 6.54 Å². The standard InChI is InChI=1S/C7H12N4/c8-4-6-1-2-11-7(3-6)5-9-10-11/h5-6H,1-4,8H2. The third-order valence-electron chi connectivity index (χ3n) is 2.28. The van der Waals surface area contributed by atoms with Crippen LogP contribution in [0.4, 0.5) is 0 Å². The maximum absolute atomic E-state index is 5.58. The van der Waals surface area contributed by atoms with Gasteiger partial charge in [-0.2, -0.15) is 0 Å². The first-order chi connectivity index (χ1) is 5.40. The zero-order chi connectivity index (χ0) is 7.68. The lowest BCUT2D eigenvalue weighted by molar-refractivity contribution is 0.371. The number of hydrogen-bond donors (Lipinski definition) is 1. The third kappa shape index (κ3) is 1.14. The summed E-state index contributed by atoms with van der Waals surface area (Å²) in [5.41, 5.74) is 6.81. The molecule has 0 aliphatic carbocycles. The average molecular weight is 152 g/mol. The highest BCUT2D eigenvalue weighted by Gasteiger charge is 2.17. The van der Waals surface area contributed by atoms with E-state index in [9.17, 15) is 0 Å². The predicted molar refractivity (Wildman–Crippen MR) is 40.9 cm³/mol. The van der Waals surface area contributed by atoms with Crippen LogP contribution in [0.25, 0.3) is 0 Å². The lowest BCUT2D eigenvalue weighted by atomic mass is 9.97. The van der Waals surface area contributed by atoms with Crippen molar-refractivity contribution in [2.75, 3.05) is 6.54 Å². The Morgan fingerprint density at radius 2 is 2.64 bits per heavy atom. The summed E-state index contributed by atoms with van der Waals surface area (Å²) in [5.74, 6) is 0.640. The van der Waals surface area contributed by atoms with Crippen molar-refractivity contribution in [2.45, 2.75) is 19.4 Å². The number of aromatic nitrogens is 3. The summed E-state index contributed by atoms with van der Waals surface area (Å²) in [6.07, 6.45) is 4.03. The van der Waals surface area contributed by atoms with Gasteiger partial charge in [-0.3, -0.25) is 0 Å². The summed E-state index contributed by atoms with van der Waals surface area (Å²) in [5, 5.41) is 7.80. The zero-order valence-electron chi connectivity index (χ0n) is 6.40. The molecule has 0 saturated carbocycles. The van der Waals surface area contributed by atoms with Gasteiger partial charge in [0.1, 0.15) is 0 Å². The Balaban J connectivity index is 2.18. The molecule has 1 aromatic heterocycles. The van der Waals surface area contributed by atoms with Crippen molar-refractivity contribution in [1.29, 1.82) is 0 Å². The largest absolute Gasteiger partial charge is 0.330 e. The minimum Gasteiger partial charge on any atom is -0.330 e. The van der Waals surface area contributed by atoms with Crippen molar-refractivity contribution in [3.05, 3.63) is 11.9 Å². The fraction of sp³-hybridized carbons (Fsp3) is 0.714. The maximum Gasteiger partial charge on any atom is 0.0725 e. The summed E-state index contributed by atoms with van der Waals surface area (Å²) >= 11 is 0. The van der Waals surface area contributed by atoms with Crippen LogP contribution in [0.5, 0.6) is 0 Å². The van der Waals surface area contributed by atoms with Crippen LogP contribution in [0.15, 0.2) is 6.20 Å². The molecule has 2 rings (SSSR count). The number of rotatable bonds is 1. The molecule has 11 heavy (non-hydrogen) atoms. The van der Waals surface area contributed by atoms with Gasteiger partial charge in [-0.25, -0.2) is 4.68 Å². The van der Waals surface area contributed by atoms with Gasteiger partial charge in [-0.1, -0.05) is 5.21 Å². The SMILES string of the molecule is NCC1CCn2nncc2C1. The Kier molecular flexibility index (Phi) is 1.62. The lowest BCUT2D eigenvalue weighted by Gasteiger charge is -2.20. The normalized spacial score (nSPS) is 23.2. The van der Waals surface area contributed by atoms with Crippen molar-refractivity contribution in [3.8, 4) is 0 Å². The monoisotopic (exact) mass is 152 g/mol. The molecule has 1 aromatic rings. The van der Waals surface area contributed by atoms with Crippen LogP contribution in [0.2, 0.25) is 0 Å². The molecule has 2 heterocycles. The van der Waals surface area contributed by atoms with Gasteiger partial charge in [-0.15, -0.1) is 5.10 Å². The van der Waals surface area contributed by atoms with Crippen LogP contribution < -0.4 is 5.73 Å². The molecule has 0 amide bonds. The fourth-order valence-electron chi connectivity index (χ4n) is 1.53. The third-order valence-corrected chi connectivity index (χ3v) is 2.28. The summed E-state index contributed by atoms with van der Waals surface area (Å²) in [7, 11) is 0. The van der Waals surface area contributed by atoms with Gasteiger partial charge in [0.15, 0.2) is 0 Å². The van der Waals surface area contributed by atoms with E-state index in [-0.39, 0.29) is 0 Å². The highest BCUT2D eigenvalue weighted by molar-refractivity contribution is 4.98. The topological polar surface area (TPSA) is 56.7 Å². The van der Waals surface area contributed by atoms with E-state index in [2.05, 4.69) is 10.3 Å². The number of nitrogens with zero attached hydrogens (tertiary/aromatic N) is 3. The number of nitrogens with two attached hydrogens (primary N) is 1. The molecule has 0 fully saturated rings. The van der Waals surface area contributed by atoms with Crippen molar-refractivity contribution < 1.29 is 0 Å². The Bertz CT molecular complexity index is 242. The van der Waals surface area contributed by atoms with E-state index in [1.165, 1.54) is 5.69 Å². The molecule has 0 saturated heterocycles. The van der Waals surface area contributed by atoms with Gasteiger partial charge in [0.05, 0.1) is 11.9 Å². The number of hydrogen-bond acceptors (Lipinski definition) is 3. The van der Waals surface area contributed by atoms with Crippen LogP contribution in [0.1, 0.15) is 12.1 Å². The molecule has 0 spiro atoms. The summed E-state index contributed by atoms with van der Waals surface area (Å²) in [6.45, 7) is 1.77. The van der Waals surface area contributed by atoms with Crippen molar-refractivity contribution >= 4 is 0 Å². The molecule has 60 valence electrons. The minimum absolute atomic E-state index is 0.640. The van der Waals surface area contributed by atoms with Crippen LogP contribution in [-0.2, 0) is 13.0 Å². The first-order valence-corrected chi connectivity index (χ1v) is 3.97. The van der Waals surface area contributed by atoms with Crippen LogP contribution in [0.3, 0.4) is 0 Å². The Labute approximate surface area is 65.4 Å². The van der Waals surface area contributed by atoms with E-state index in [4.69, 9.17) is 5.73 Å².